The fraction of sp³-hybridized carbons (Fsp3) is 0.286. The Hall–Kier alpha value is -0.340. The summed E-state index contributed by atoms with van der Waals surface area (Å²) in [5.41, 5.74) is 2.01. The number of allylic oxidation sites excluding steroid dienone is 4. The van der Waals surface area contributed by atoms with Gasteiger partial charge in [0.25, 0.3) is 0 Å². The Labute approximate surface area is 133 Å². The lowest BCUT2D eigenvalue weighted by Gasteiger charge is -2.23. The van der Waals surface area contributed by atoms with Crippen molar-refractivity contribution in [3.63, 3.8) is 0 Å². The zero-order chi connectivity index (χ0) is 14.2. The van der Waals surface area contributed by atoms with Crippen LogP contribution in [0.25, 0.3) is 0 Å². The summed E-state index contributed by atoms with van der Waals surface area (Å²) < 4.78 is 0. The van der Waals surface area contributed by atoms with Crippen molar-refractivity contribution in [1.29, 1.82) is 0 Å². The van der Waals surface area contributed by atoms with E-state index in [4.69, 9.17) is 46.4 Å². The Kier molecular flexibility index (Phi) is 4.73. The lowest BCUT2D eigenvalue weighted by Crippen LogP contribution is -2.10. The molecule has 0 N–H and O–H groups in total. The second kappa shape index (κ2) is 5.97. The first-order valence-corrected chi connectivity index (χ1v) is 7.31. The Morgan fingerprint density at radius 3 is 2.37 bits per heavy atom. The van der Waals surface area contributed by atoms with Gasteiger partial charge in [-0.3, -0.25) is 0 Å². The summed E-state index contributed by atoms with van der Waals surface area (Å²) >= 11 is 24.7. The molecule has 0 aromatic heterocycles. The van der Waals surface area contributed by atoms with E-state index in [2.05, 4.69) is 0 Å². The van der Waals surface area contributed by atoms with E-state index < -0.39 is 0 Å². The van der Waals surface area contributed by atoms with Gasteiger partial charge in [0, 0.05) is 35.8 Å². The maximum atomic E-state index is 6.35. The highest BCUT2D eigenvalue weighted by Crippen LogP contribution is 2.44. The topological polar surface area (TPSA) is 3.24 Å². The number of anilines is 1. The molecule has 0 amide bonds. The third-order valence-electron chi connectivity index (χ3n) is 3.13. The highest BCUT2D eigenvalue weighted by molar-refractivity contribution is 6.48. The van der Waals surface area contributed by atoms with E-state index >= 15 is 0 Å². The molecule has 1 unspecified atom stereocenters. The molecule has 102 valence electrons. The number of halogens is 4. The van der Waals surface area contributed by atoms with Crippen molar-refractivity contribution < 1.29 is 0 Å². The molecule has 2 rings (SSSR count). The summed E-state index contributed by atoms with van der Waals surface area (Å²) in [4.78, 5) is 2.00. The standard InChI is InChI=1S/C14H13Cl4N/c1-19(2)8-3-4-9(12(16)7-8)10-5-6-11(15)14(18)13(10)17/h3-4,6-7,10H,5H2,1-2H3. The average molecular weight is 337 g/mol. The molecule has 0 spiro atoms. The molecular weight excluding hydrogens is 324 g/mol. The quantitative estimate of drug-likeness (QED) is 0.669. The first-order chi connectivity index (χ1) is 8.91. The molecule has 1 aromatic carbocycles. The molecular formula is C14H13Cl4N. The predicted octanol–water partition coefficient (Wildman–Crippen LogP) is 5.71. The smallest absolute Gasteiger partial charge is 0.0740 e. The first-order valence-electron chi connectivity index (χ1n) is 5.79. The van der Waals surface area contributed by atoms with E-state index in [1.807, 2.05) is 43.3 Å². The van der Waals surface area contributed by atoms with Gasteiger partial charge in [0.1, 0.15) is 0 Å². The van der Waals surface area contributed by atoms with Gasteiger partial charge in [-0.25, -0.2) is 0 Å². The summed E-state index contributed by atoms with van der Waals surface area (Å²) in [5.74, 6) is -0.0274. The molecule has 0 aliphatic heterocycles. The predicted molar refractivity (Wildman–Crippen MR) is 85.8 cm³/mol. The maximum absolute atomic E-state index is 6.35. The SMILES string of the molecule is CN(C)c1ccc(C2CC=C(Cl)C(Cl)=C2Cl)c(Cl)c1. The molecule has 0 bridgehead atoms. The minimum Gasteiger partial charge on any atom is -0.378 e. The summed E-state index contributed by atoms with van der Waals surface area (Å²) in [7, 11) is 3.94. The van der Waals surface area contributed by atoms with Crippen LogP contribution >= 0.6 is 46.4 Å². The molecule has 0 saturated heterocycles. The lowest BCUT2D eigenvalue weighted by atomic mass is 9.92. The van der Waals surface area contributed by atoms with Crippen LogP contribution in [0.5, 0.6) is 0 Å². The summed E-state index contributed by atoms with van der Waals surface area (Å²) in [6.45, 7) is 0. The van der Waals surface area contributed by atoms with Gasteiger partial charge in [-0.15, -0.1) is 0 Å². The molecule has 0 saturated carbocycles. The van der Waals surface area contributed by atoms with Crippen LogP contribution in [0.4, 0.5) is 5.69 Å². The van der Waals surface area contributed by atoms with E-state index in [0.717, 1.165) is 11.3 Å². The van der Waals surface area contributed by atoms with E-state index in [1.54, 1.807) is 0 Å². The van der Waals surface area contributed by atoms with Gasteiger partial charge in [-0.1, -0.05) is 58.5 Å². The Balaban J connectivity index is 2.39. The molecule has 0 radical (unpaired) electrons. The number of nitrogens with zero attached hydrogens (tertiary/aromatic N) is 1. The van der Waals surface area contributed by atoms with Gasteiger partial charge in [-0.05, 0) is 24.1 Å². The van der Waals surface area contributed by atoms with Gasteiger partial charge >= 0.3 is 0 Å². The summed E-state index contributed by atoms with van der Waals surface area (Å²) in [5, 5.41) is 2.15. The molecule has 1 atom stereocenters. The largest absolute Gasteiger partial charge is 0.378 e. The third kappa shape index (κ3) is 3.05. The molecule has 19 heavy (non-hydrogen) atoms. The van der Waals surface area contributed by atoms with Gasteiger partial charge in [0.15, 0.2) is 0 Å². The average Bonchev–Trinajstić information content (AvgIpc) is 2.37. The van der Waals surface area contributed by atoms with Crippen LogP contribution in [0, 0.1) is 0 Å². The van der Waals surface area contributed by atoms with E-state index in [-0.39, 0.29) is 5.92 Å². The Morgan fingerprint density at radius 1 is 1.11 bits per heavy atom. The van der Waals surface area contributed by atoms with Crippen LogP contribution in [0.1, 0.15) is 17.9 Å². The molecule has 1 aliphatic carbocycles. The van der Waals surface area contributed by atoms with Crippen molar-refractivity contribution in [2.24, 2.45) is 0 Å². The van der Waals surface area contributed by atoms with Crippen molar-refractivity contribution in [3.05, 3.63) is 50.0 Å². The summed E-state index contributed by atoms with van der Waals surface area (Å²) in [6, 6.07) is 5.93. The lowest BCUT2D eigenvalue weighted by molar-refractivity contribution is 0.832. The van der Waals surface area contributed by atoms with Gasteiger partial charge in [0.05, 0.1) is 10.1 Å². The van der Waals surface area contributed by atoms with E-state index in [9.17, 15) is 0 Å². The zero-order valence-corrected chi connectivity index (χ0v) is 13.6. The normalized spacial score (nSPS) is 19.5. The van der Waals surface area contributed by atoms with E-state index in [0.29, 0.717) is 26.5 Å². The van der Waals surface area contributed by atoms with Crippen molar-refractivity contribution in [1.82, 2.24) is 0 Å². The number of hydrogen-bond acceptors (Lipinski definition) is 1. The highest BCUT2D eigenvalue weighted by atomic mass is 35.5. The molecule has 5 heteroatoms. The molecule has 1 aliphatic rings. The van der Waals surface area contributed by atoms with Crippen LogP contribution in [0.15, 0.2) is 39.4 Å². The monoisotopic (exact) mass is 335 g/mol. The van der Waals surface area contributed by atoms with Crippen molar-refractivity contribution in [3.8, 4) is 0 Å². The van der Waals surface area contributed by atoms with Gasteiger partial charge in [0.2, 0.25) is 0 Å². The fourth-order valence-electron chi connectivity index (χ4n) is 2.02. The van der Waals surface area contributed by atoms with Crippen LogP contribution < -0.4 is 4.90 Å². The van der Waals surface area contributed by atoms with Crippen LogP contribution in [-0.4, -0.2) is 14.1 Å². The van der Waals surface area contributed by atoms with Gasteiger partial charge in [-0.2, -0.15) is 0 Å². The van der Waals surface area contributed by atoms with E-state index in [1.165, 1.54) is 0 Å². The first kappa shape index (κ1) is 15.1. The second-order valence-electron chi connectivity index (χ2n) is 4.60. The number of rotatable bonds is 2. The van der Waals surface area contributed by atoms with Gasteiger partial charge < -0.3 is 4.90 Å². The Bertz CT molecular complexity index is 561. The molecule has 1 aromatic rings. The zero-order valence-electron chi connectivity index (χ0n) is 10.6. The molecule has 0 fully saturated rings. The van der Waals surface area contributed by atoms with Crippen LogP contribution in [-0.2, 0) is 0 Å². The highest BCUT2D eigenvalue weighted by Gasteiger charge is 2.25. The minimum atomic E-state index is -0.0274. The third-order valence-corrected chi connectivity index (χ3v) is 4.86. The number of benzene rings is 1. The maximum Gasteiger partial charge on any atom is 0.0740 e. The van der Waals surface area contributed by atoms with Crippen LogP contribution in [0.2, 0.25) is 5.02 Å². The fourth-order valence-corrected chi connectivity index (χ4v) is 3.08. The Morgan fingerprint density at radius 2 is 1.79 bits per heavy atom. The van der Waals surface area contributed by atoms with Crippen molar-refractivity contribution >= 4 is 52.1 Å². The molecule has 1 nitrogen and oxygen atoms in total. The van der Waals surface area contributed by atoms with Crippen LogP contribution in [0.3, 0.4) is 0 Å². The minimum absolute atomic E-state index is 0.0274. The number of hydrogen-bond donors (Lipinski definition) is 0. The van der Waals surface area contributed by atoms with Crippen molar-refractivity contribution in [2.75, 3.05) is 19.0 Å². The second-order valence-corrected chi connectivity index (χ2v) is 6.20. The van der Waals surface area contributed by atoms with Crippen molar-refractivity contribution in [2.45, 2.75) is 12.3 Å². The molecule has 0 heterocycles. The summed E-state index contributed by atoms with van der Waals surface area (Å²) in [6.07, 6.45) is 2.57.